The van der Waals surface area contributed by atoms with Crippen molar-refractivity contribution in [3.8, 4) is 0 Å². The maximum absolute atomic E-state index is 12.9. The fourth-order valence-electron chi connectivity index (χ4n) is 3.13. The molecular weight excluding hydrogens is 404 g/mol. The highest BCUT2D eigenvalue weighted by Crippen LogP contribution is 2.19. The second-order valence-corrected chi connectivity index (χ2v) is 6.94. The predicted octanol–water partition coefficient (Wildman–Crippen LogP) is -1.68. The molecule has 0 fully saturated rings. The minimum Gasteiger partial charge on any atom is -0.370 e. The highest BCUT2D eigenvalue weighted by molar-refractivity contribution is 5.92. The maximum atomic E-state index is 12.9. The molecule has 12 nitrogen and oxygen atoms in total. The maximum Gasteiger partial charge on any atom is 0.248 e. The number of hydrogen-bond donors (Lipinski definition) is 8. The first-order chi connectivity index (χ1) is 14.8. The summed E-state index contributed by atoms with van der Waals surface area (Å²) in [6.45, 7) is -0.0774. The van der Waals surface area contributed by atoms with Crippen LogP contribution in [0.3, 0.4) is 0 Å². The van der Waals surface area contributed by atoms with Crippen molar-refractivity contribution in [3.05, 3.63) is 36.0 Å². The van der Waals surface area contributed by atoms with E-state index in [9.17, 15) is 14.4 Å². The minimum atomic E-state index is -0.987. The van der Waals surface area contributed by atoms with Crippen LogP contribution in [0.25, 0.3) is 10.9 Å². The molecule has 3 amide bonds. The number of benzene rings is 1. The molecular formula is C19H28N8O4. The van der Waals surface area contributed by atoms with E-state index in [4.69, 9.17) is 22.8 Å². The van der Waals surface area contributed by atoms with Gasteiger partial charge in [-0.1, -0.05) is 18.2 Å². The number of rotatable bonds is 12. The third-order valence-electron chi connectivity index (χ3n) is 4.61. The average Bonchev–Trinajstić information content (AvgIpc) is 3.12. The standard InChI is InChI=1S/C19H28N8O4/c20-17(29)14(6-3-7-24-19(21)22)27-18(30)15(26-16(28)10-31-23)8-11-9-25-13-5-2-1-4-12(11)13/h1-2,4-5,9,14-15,25H,3,6-8,10,23H2,(H2,20,29)(H,26,28)(H,27,30)(H4,21,22,24)/t14-,15-/m0/s1. The molecule has 0 aliphatic rings. The van der Waals surface area contributed by atoms with Crippen molar-refractivity contribution in [1.29, 1.82) is 5.41 Å². The van der Waals surface area contributed by atoms with Crippen LogP contribution in [-0.4, -0.2) is 53.9 Å². The molecule has 0 spiro atoms. The molecule has 0 aliphatic heterocycles. The Balaban J connectivity index is 2.11. The summed E-state index contributed by atoms with van der Waals surface area (Å²) in [6, 6.07) is 5.61. The number of guanidine groups is 1. The molecule has 0 unspecified atom stereocenters. The number of amides is 3. The summed E-state index contributed by atoms with van der Waals surface area (Å²) in [6.07, 6.45) is 2.61. The largest absolute Gasteiger partial charge is 0.370 e. The lowest BCUT2D eigenvalue weighted by Crippen LogP contribution is -2.54. The molecule has 0 bridgehead atoms. The van der Waals surface area contributed by atoms with Crippen molar-refractivity contribution in [2.45, 2.75) is 31.3 Å². The van der Waals surface area contributed by atoms with E-state index < -0.39 is 36.4 Å². The van der Waals surface area contributed by atoms with Gasteiger partial charge in [0.2, 0.25) is 17.7 Å². The smallest absolute Gasteiger partial charge is 0.248 e. The summed E-state index contributed by atoms with van der Waals surface area (Å²) < 4.78 is 0. The zero-order valence-electron chi connectivity index (χ0n) is 16.9. The number of aromatic nitrogens is 1. The van der Waals surface area contributed by atoms with Crippen molar-refractivity contribution in [1.82, 2.24) is 20.9 Å². The van der Waals surface area contributed by atoms with Crippen LogP contribution < -0.4 is 33.3 Å². The van der Waals surface area contributed by atoms with Gasteiger partial charge < -0.3 is 32.4 Å². The van der Waals surface area contributed by atoms with Crippen LogP contribution in [0.5, 0.6) is 0 Å². The zero-order chi connectivity index (χ0) is 22.8. The van der Waals surface area contributed by atoms with Crippen molar-refractivity contribution in [2.24, 2.45) is 17.4 Å². The van der Waals surface area contributed by atoms with Gasteiger partial charge in [-0.15, -0.1) is 0 Å². The lowest BCUT2D eigenvalue weighted by atomic mass is 10.0. The zero-order valence-corrected chi connectivity index (χ0v) is 16.9. The van der Waals surface area contributed by atoms with E-state index in [1.54, 1.807) is 6.20 Å². The first-order valence-electron chi connectivity index (χ1n) is 9.65. The van der Waals surface area contributed by atoms with Gasteiger partial charge in [0.15, 0.2) is 5.96 Å². The minimum absolute atomic E-state index is 0.170. The Morgan fingerprint density at radius 3 is 2.55 bits per heavy atom. The van der Waals surface area contributed by atoms with Crippen molar-refractivity contribution < 1.29 is 19.2 Å². The Labute approximate surface area is 178 Å². The Bertz CT molecular complexity index is 929. The van der Waals surface area contributed by atoms with Gasteiger partial charge in [-0.3, -0.25) is 24.6 Å². The van der Waals surface area contributed by atoms with Crippen LogP contribution in [0.4, 0.5) is 0 Å². The van der Waals surface area contributed by atoms with E-state index in [-0.39, 0.29) is 18.8 Å². The Kier molecular flexibility index (Phi) is 8.78. The van der Waals surface area contributed by atoms with Crippen molar-refractivity contribution in [3.63, 3.8) is 0 Å². The van der Waals surface area contributed by atoms with E-state index in [1.807, 2.05) is 24.3 Å². The van der Waals surface area contributed by atoms with Crippen LogP contribution >= 0.6 is 0 Å². The average molecular weight is 432 g/mol. The molecule has 2 aromatic rings. The van der Waals surface area contributed by atoms with E-state index in [1.165, 1.54) is 0 Å². The quantitative estimate of drug-likeness (QED) is 0.0842. The molecule has 2 rings (SSSR count). The second kappa shape index (κ2) is 11.5. The van der Waals surface area contributed by atoms with E-state index in [2.05, 4.69) is 25.8 Å². The summed E-state index contributed by atoms with van der Waals surface area (Å²) in [7, 11) is 0. The molecule has 31 heavy (non-hydrogen) atoms. The van der Waals surface area contributed by atoms with Gasteiger partial charge in [0, 0.05) is 30.1 Å². The van der Waals surface area contributed by atoms with Gasteiger partial charge in [-0.05, 0) is 24.5 Å². The first kappa shape index (κ1) is 23.6. The number of primary amides is 1. The second-order valence-electron chi connectivity index (χ2n) is 6.94. The van der Waals surface area contributed by atoms with E-state index in [0.717, 1.165) is 16.5 Å². The molecule has 168 valence electrons. The Hall–Kier alpha value is -3.64. The van der Waals surface area contributed by atoms with E-state index >= 15 is 0 Å². The SMILES string of the molecule is N=C(N)NCCC[C@H](NC(=O)[C@H](Cc1c[nH]c2ccccc12)NC(=O)CON)C(N)=O. The summed E-state index contributed by atoms with van der Waals surface area (Å²) in [5.41, 5.74) is 12.3. The fraction of sp³-hybridized carbons (Fsp3) is 0.368. The summed E-state index contributed by atoms with van der Waals surface area (Å²) in [4.78, 5) is 44.2. The highest BCUT2D eigenvalue weighted by atomic mass is 16.6. The molecule has 0 saturated heterocycles. The lowest BCUT2D eigenvalue weighted by Gasteiger charge is -2.22. The number of aromatic amines is 1. The topological polar surface area (TPSA) is 214 Å². The number of nitrogens with one attached hydrogen (secondary N) is 5. The summed E-state index contributed by atoms with van der Waals surface area (Å²) in [5.74, 6) is 2.89. The third kappa shape index (κ3) is 7.28. The number of fused-ring (bicyclic) bond motifs is 1. The van der Waals surface area contributed by atoms with Crippen LogP contribution in [-0.2, 0) is 25.6 Å². The van der Waals surface area contributed by atoms with Crippen LogP contribution in [0.1, 0.15) is 18.4 Å². The summed E-state index contributed by atoms with van der Waals surface area (Å²) in [5, 5.41) is 15.8. The van der Waals surface area contributed by atoms with E-state index in [0.29, 0.717) is 13.0 Å². The molecule has 1 aromatic carbocycles. The molecule has 11 N–H and O–H groups in total. The van der Waals surface area contributed by atoms with Gasteiger partial charge in [0.05, 0.1) is 0 Å². The third-order valence-corrected chi connectivity index (χ3v) is 4.61. The van der Waals surface area contributed by atoms with Gasteiger partial charge in [-0.2, -0.15) is 0 Å². The molecule has 0 radical (unpaired) electrons. The Morgan fingerprint density at radius 2 is 1.87 bits per heavy atom. The van der Waals surface area contributed by atoms with Gasteiger partial charge in [0.25, 0.3) is 0 Å². The molecule has 0 aliphatic carbocycles. The summed E-state index contributed by atoms with van der Waals surface area (Å²) >= 11 is 0. The van der Waals surface area contributed by atoms with Crippen molar-refractivity contribution >= 4 is 34.6 Å². The van der Waals surface area contributed by atoms with Gasteiger partial charge in [-0.25, -0.2) is 5.90 Å². The fourth-order valence-corrected chi connectivity index (χ4v) is 3.13. The van der Waals surface area contributed by atoms with Crippen molar-refractivity contribution in [2.75, 3.05) is 13.2 Å². The van der Waals surface area contributed by atoms with Gasteiger partial charge in [0.1, 0.15) is 18.7 Å². The first-order valence-corrected chi connectivity index (χ1v) is 9.65. The number of nitrogens with two attached hydrogens (primary N) is 3. The highest BCUT2D eigenvalue weighted by Gasteiger charge is 2.26. The number of carbonyl (C=O) groups is 3. The van der Waals surface area contributed by atoms with Gasteiger partial charge >= 0.3 is 0 Å². The van der Waals surface area contributed by atoms with Crippen LogP contribution in [0.2, 0.25) is 0 Å². The Morgan fingerprint density at radius 1 is 1.13 bits per heavy atom. The lowest BCUT2D eigenvalue weighted by molar-refractivity contribution is -0.133. The number of carbonyl (C=O) groups excluding carboxylic acids is 3. The molecule has 2 atom stereocenters. The number of hydrogen-bond acceptors (Lipinski definition) is 6. The normalized spacial score (nSPS) is 12.7. The van der Waals surface area contributed by atoms with Crippen LogP contribution in [0.15, 0.2) is 30.5 Å². The molecule has 12 heteroatoms. The molecule has 1 aromatic heterocycles. The number of para-hydroxylation sites is 1. The predicted molar refractivity (Wildman–Crippen MR) is 114 cm³/mol. The number of H-pyrrole nitrogens is 1. The molecule has 1 heterocycles. The monoisotopic (exact) mass is 432 g/mol. The van der Waals surface area contributed by atoms with Crippen LogP contribution in [0, 0.1) is 5.41 Å². The molecule has 0 saturated carbocycles.